The molecule has 0 saturated carbocycles. The summed E-state index contributed by atoms with van der Waals surface area (Å²) in [4.78, 5) is 0. The van der Waals surface area contributed by atoms with Gasteiger partial charge in [-0.15, -0.1) is 0 Å². The van der Waals surface area contributed by atoms with E-state index in [1.165, 1.54) is 0 Å². The van der Waals surface area contributed by atoms with Crippen LogP contribution in [0.2, 0.25) is 0 Å². The molecule has 0 saturated heterocycles. The zero-order chi connectivity index (χ0) is 9.68. The largest absolute Gasteiger partial charge is 0.514 e. The van der Waals surface area contributed by atoms with Crippen LogP contribution in [-0.4, -0.2) is 5.11 Å². The first-order chi connectivity index (χ1) is 6.31. The Balaban J connectivity index is 3.08. The van der Waals surface area contributed by atoms with Crippen molar-refractivity contribution < 1.29 is 5.11 Å². The van der Waals surface area contributed by atoms with E-state index in [9.17, 15) is 0 Å². The molecule has 1 N–H and O–H groups in total. The van der Waals surface area contributed by atoms with Gasteiger partial charge in [0.2, 0.25) is 0 Å². The molecule has 1 aromatic carbocycles. The minimum Gasteiger partial charge on any atom is -0.514 e. The molecule has 0 fully saturated rings. The Bertz CT molecular complexity index is 404. The average molecular weight is 170 g/mol. The number of benzene rings is 1. The van der Waals surface area contributed by atoms with Crippen molar-refractivity contribution in [3.8, 4) is 12.1 Å². The second-order valence-corrected chi connectivity index (χ2v) is 2.34. The lowest BCUT2D eigenvalue weighted by molar-refractivity contribution is 0.476. The molecule has 0 aliphatic heterocycles. The third kappa shape index (κ3) is 1.85. The van der Waals surface area contributed by atoms with Gasteiger partial charge in [-0.3, -0.25) is 0 Å². The molecule has 62 valence electrons. The van der Waals surface area contributed by atoms with Gasteiger partial charge < -0.3 is 5.11 Å². The first-order valence-electron chi connectivity index (χ1n) is 3.57. The Kier molecular flexibility index (Phi) is 2.68. The van der Waals surface area contributed by atoms with Crippen LogP contribution in [-0.2, 0) is 0 Å². The molecule has 0 unspecified atom stereocenters. The van der Waals surface area contributed by atoms with E-state index in [2.05, 4.69) is 0 Å². The van der Waals surface area contributed by atoms with E-state index in [1.54, 1.807) is 24.3 Å². The van der Waals surface area contributed by atoms with Crippen molar-refractivity contribution in [3.63, 3.8) is 0 Å². The molecule has 0 radical (unpaired) electrons. The minimum atomic E-state index is 0.185. The summed E-state index contributed by atoms with van der Waals surface area (Å²) >= 11 is 0. The predicted octanol–water partition coefficient (Wildman–Crippen LogP) is 1.98. The van der Waals surface area contributed by atoms with Crippen LogP contribution in [0.25, 0.3) is 5.57 Å². The Morgan fingerprint density at radius 2 is 1.85 bits per heavy atom. The summed E-state index contributed by atoms with van der Waals surface area (Å²) in [6.45, 7) is 0. The molecule has 0 aliphatic carbocycles. The van der Waals surface area contributed by atoms with Gasteiger partial charge in [-0.2, -0.15) is 10.5 Å². The van der Waals surface area contributed by atoms with Crippen LogP contribution in [0.4, 0.5) is 0 Å². The molecular weight excluding hydrogens is 164 g/mol. The topological polar surface area (TPSA) is 67.8 Å². The quantitative estimate of drug-likeness (QED) is 0.517. The molecule has 0 aliphatic rings. The van der Waals surface area contributed by atoms with Gasteiger partial charge in [-0.1, -0.05) is 12.1 Å². The molecule has 0 atom stereocenters. The second kappa shape index (κ2) is 3.94. The SMILES string of the molecule is N#C/C(=C/O)c1ccc(C#N)cc1. The average Bonchev–Trinajstić information content (AvgIpc) is 2.21. The molecule has 1 aromatic rings. The summed E-state index contributed by atoms with van der Waals surface area (Å²) in [5, 5.41) is 25.7. The van der Waals surface area contributed by atoms with Gasteiger partial charge in [0, 0.05) is 0 Å². The maximum absolute atomic E-state index is 8.66. The molecule has 0 aromatic heterocycles. The first-order valence-corrected chi connectivity index (χ1v) is 3.57. The van der Waals surface area contributed by atoms with Crippen molar-refractivity contribution >= 4 is 5.57 Å². The van der Waals surface area contributed by atoms with Crippen molar-refractivity contribution in [1.29, 1.82) is 10.5 Å². The van der Waals surface area contributed by atoms with E-state index in [0.29, 0.717) is 11.1 Å². The van der Waals surface area contributed by atoms with E-state index < -0.39 is 0 Å². The first kappa shape index (κ1) is 8.83. The van der Waals surface area contributed by atoms with Crippen molar-refractivity contribution in [3.05, 3.63) is 41.7 Å². The molecule has 0 amide bonds. The highest BCUT2D eigenvalue weighted by Gasteiger charge is 1.99. The van der Waals surface area contributed by atoms with Crippen LogP contribution >= 0.6 is 0 Å². The third-order valence-electron chi connectivity index (χ3n) is 1.57. The van der Waals surface area contributed by atoms with Crippen LogP contribution in [0.3, 0.4) is 0 Å². The fourth-order valence-electron chi connectivity index (χ4n) is 0.892. The minimum absolute atomic E-state index is 0.185. The highest BCUT2D eigenvalue weighted by atomic mass is 16.2. The molecule has 3 heteroatoms. The number of rotatable bonds is 1. The molecule has 0 bridgehead atoms. The summed E-state index contributed by atoms with van der Waals surface area (Å²) in [5.41, 5.74) is 1.31. The maximum Gasteiger partial charge on any atom is 0.103 e. The number of allylic oxidation sites excluding steroid dienone is 1. The van der Waals surface area contributed by atoms with Crippen LogP contribution in [0, 0.1) is 22.7 Å². The predicted molar refractivity (Wildman–Crippen MR) is 47.4 cm³/mol. The van der Waals surface area contributed by atoms with Crippen LogP contribution in [0.15, 0.2) is 30.5 Å². The lowest BCUT2D eigenvalue weighted by Gasteiger charge is -1.95. The van der Waals surface area contributed by atoms with Crippen LogP contribution in [0.1, 0.15) is 11.1 Å². The van der Waals surface area contributed by atoms with Gasteiger partial charge >= 0.3 is 0 Å². The van der Waals surface area contributed by atoms with Gasteiger partial charge in [-0.05, 0) is 17.7 Å². The van der Waals surface area contributed by atoms with Gasteiger partial charge in [0.1, 0.15) is 6.07 Å². The molecular formula is C10H6N2O. The number of aliphatic hydroxyl groups is 1. The Hall–Kier alpha value is -2.26. The summed E-state index contributed by atoms with van der Waals surface area (Å²) in [6.07, 6.45) is 0.751. The standard InChI is InChI=1S/C10H6N2O/c11-5-8-1-3-9(4-2-8)10(6-12)7-13/h1-4,7,13H/b10-7-. The fourth-order valence-corrected chi connectivity index (χ4v) is 0.892. The van der Waals surface area contributed by atoms with Crippen molar-refractivity contribution in [2.24, 2.45) is 0 Å². The van der Waals surface area contributed by atoms with E-state index >= 15 is 0 Å². The summed E-state index contributed by atoms with van der Waals surface area (Å²) < 4.78 is 0. The number of hydrogen-bond donors (Lipinski definition) is 1. The van der Waals surface area contributed by atoms with Gasteiger partial charge in [0.25, 0.3) is 0 Å². The van der Waals surface area contributed by atoms with Crippen molar-refractivity contribution in [2.75, 3.05) is 0 Å². The molecule has 13 heavy (non-hydrogen) atoms. The normalized spacial score (nSPS) is 10.2. The number of aliphatic hydroxyl groups excluding tert-OH is 1. The molecule has 1 rings (SSSR count). The monoisotopic (exact) mass is 170 g/mol. The van der Waals surface area contributed by atoms with E-state index in [4.69, 9.17) is 15.6 Å². The van der Waals surface area contributed by atoms with Crippen LogP contribution < -0.4 is 0 Å². The molecule has 3 nitrogen and oxygen atoms in total. The van der Waals surface area contributed by atoms with Crippen molar-refractivity contribution in [1.82, 2.24) is 0 Å². The van der Waals surface area contributed by atoms with E-state index in [0.717, 1.165) is 6.26 Å². The Labute approximate surface area is 75.8 Å². The number of hydrogen-bond acceptors (Lipinski definition) is 3. The lowest BCUT2D eigenvalue weighted by Crippen LogP contribution is -1.81. The summed E-state index contributed by atoms with van der Waals surface area (Å²) in [5.74, 6) is 0. The molecule has 0 spiro atoms. The highest BCUT2D eigenvalue weighted by Crippen LogP contribution is 2.13. The van der Waals surface area contributed by atoms with Crippen LogP contribution in [0.5, 0.6) is 0 Å². The summed E-state index contributed by atoms with van der Waals surface area (Å²) in [6, 6.07) is 10.2. The number of nitrogens with zero attached hydrogens (tertiary/aromatic N) is 2. The zero-order valence-electron chi connectivity index (χ0n) is 6.73. The summed E-state index contributed by atoms with van der Waals surface area (Å²) in [7, 11) is 0. The lowest BCUT2D eigenvalue weighted by atomic mass is 10.1. The van der Waals surface area contributed by atoms with Crippen molar-refractivity contribution in [2.45, 2.75) is 0 Å². The zero-order valence-corrected chi connectivity index (χ0v) is 6.73. The highest BCUT2D eigenvalue weighted by molar-refractivity contribution is 5.75. The fraction of sp³-hybridized carbons (Fsp3) is 0. The van der Waals surface area contributed by atoms with Gasteiger partial charge in [0.15, 0.2) is 0 Å². The third-order valence-corrected chi connectivity index (χ3v) is 1.57. The van der Waals surface area contributed by atoms with Gasteiger partial charge in [0.05, 0.1) is 23.5 Å². The smallest absolute Gasteiger partial charge is 0.103 e. The van der Waals surface area contributed by atoms with Gasteiger partial charge in [-0.25, -0.2) is 0 Å². The van der Waals surface area contributed by atoms with E-state index in [-0.39, 0.29) is 5.57 Å². The van der Waals surface area contributed by atoms with E-state index in [1.807, 2.05) is 12.1 Å². The Morgan fingerprint density at radius 1 is 1.23 bits per heavy atom. The Morgan fingerprint density at radius 3 is 2.23 bits per heavy atom. The number of nitriles is 2. The molecule has 0 heterocycles. The maximum atomic E-state index is 8.66. The second-order valence-electron chi connectivity index (χ2n) is 2.34.